The molecule has 7 nitrogen and oxygen atoms in total. The second kappa shape index (κ2) is 9.43. The topological polar surface area (TPSA) is 72.3 Å². The van der Waals surface area contributed by atoms with Gasteiger partial charge in [-0.25, -0.2) is 9.67 Å². The molecule has 4 aromatic rings. The summed E-state index contributed by atoms with van der Waals surface area (Å²) in [6.07, 6.45) is 0. The van der Waals surface area contributed by atoms with Crippen LogP contribution >= 0.6 is 11.3 Å². The molecule has 2 aromatic heterocycles. The Labute approximate surface area is 209 Å². The molecule has 1 N–H and O–H groups in total. The van der Waals surface area contributed by atoms with Gasteiger partial charge < -0.3 is 15.0 Å². The van der Waals surface area contributed by atoms with Crippen LogP contribution in [0.1, 0.15) is 47.6 Å². The van der Waals surface area contributed by atoms with Crippen molar-refractivity contribution in [3.63, 3.8) is 0 Å². The Bertz CT molecular complexity index is 1390. The number of methoxy groups -OCH3 is 1. The molecular weight excluding hydrogens is 458 g/mol. The first-order valence-corrected chi connectivity index (χ1v) is 12.8. The molecule has 1 fully saturated rings. The van der Waals surface area contributed by atoms with Crippen LogP contribution in [0.25, 0.3) is 27.3 Å². The van der Waals surface area contributed by atoms with E-state index in [9.17, 15) is 4.79 Å². The second-order valence-corrected chi connectivity index (χ2v) is 10.5. The number of aryl methyl sites for hydroxylation is 1. The van der Waals surface area contributed by atoms with Crippen molar-refractivity contribution in [3.05, 3.63) is 58.6 Å². The lowest BCUT2D eigenvalue weighted by molar-refractivity contribution is 0.0704. The number of carbonyl (C=O) groups excluding carboxylic acids is 1. The van der Waals surface area contributed by atoms with Crippen molar-refractivity contribution in [2.45, 2.75) is 39.7 Å². The van der Waals surface area contributed by atoms with Crippen LogP contribution in [0.4, 0.5) is 0 Å². The summed E-state index contributed by atoms with van der Waals surface area (Å²) in [7, 11) is 1.67. The van der Waals surface area contributed by atoms with E-state index in [0.29, 0.717) is 18.8 Å². The molecular formula is C27H31N5O2S. The van der Waals surface area contributed by atoms with Gasteiger partial charge in [0.2, 0.25) is 5.13 Å². The summed E-state index contributed by atoms with van der Waals surface area (Å²) < 4.78 is 7.28. The number of nitrogens with zero attached hydrogens (tertiary/aromatic N) is 4. The lowest BCUT2D eigenvalue weighted by Gasteiger charge is -2.31. The monoisotopic (exact) mass is 489 g/mol. The lowest BCUT2D eigenvalue weighted by Crippen LogP contribution is -2.51. The average Bonchev–Trinajstić information content (AvgIpc) is 3.46. The van der Waals surface area contributed by atoms with E-state index in [1.54, 1.807) is 18.4 Å². The Kier molecular flexibility index (Phi) is 6.34. The molecule has 1 amide bonds. The summed E-state index contributed by atoms with van der Waals surface area (Å²) in [6, 6.07) is 14.4. The number of nitrogens with one attached hydrogen (secondary N) is 1. The zero-order chi connectivity index (χ0) is 24.7. The van der Waals surface area contributed by atoms with Gasteiger partial charge in [-0.3, -0.25) is 4.79 Å². The summed E-state index contributed by atoms with van der Waals surface area (Å²) in [4.78, 5) is 21.7. The minimum Gasteiger partial charge on any atom is -0.497 e. The number of carbonyl (C=O) groups is 1. The highest BCUT2D eigenvalue weighted by molar-refractivity contribution is 7.14. The Balaban J connectivity index is 1.64. The van der Waals surface area contributed by atoms with Gasteiger partial charge in [0, 0.05) is 41.5 Å². The molecule has 182 valence electrons. The Morgan fingerprint density at radius 1 is 1.23 bits per heavy atom. The minimum absolute atomic E-state index is 0.0265. The van der Waals surface area contributed by atoms with Gasteiger partial charge in [0.05, 0.1) is 18.3 Å². The van der Waals surface area contributed by atoms with Gasteiger partial charge in [0.15, 0.2) is 5.69 Å². The number of amides is 1. The SMILES string of the molecule is COc1cccc(-c2nc(-n3nc(C(=O)N4CCNC(C)C4)c4cc(C)ccc43)sc2C(C)C)c1. The highest BCUT2D eigenvalue weighted by atomic mass is 32.1. The van der Waals surface area contributed by atoms with Gasteiger partial charge in [-0.05, 0) is 44.0 Å². The van der Waals surface area contributed by atoms with E-state index in [0.717, 1.165) is 45.1 Å². The fourth-order valence-electron chi connectivity index (χ4n) is 4.58. The number of hydrogen-bond acceptors (Lipinski definition) is 6. The zero-order valence-corrected chi connectivity index (χ0v) is 21.6. The average molecular weight is 490 g/mol. The number of aromatic nitrogens is 3. The number of ether oxygens (including phenoxy) is 1. The van der Waals surface area contributed by atoms with Crippen molar-refractivity contribution in [1.82, 2.24) is 25.0 Å². The van der Waals surface area contributed by atoms with Crippen molar-refractivity contribution in [1.29, 1.82) is 0 Å². The number of fused-ring (bicyclic) bond motifs is 1. The Hall–Kier alpha value is -3.23. The van der Waals surface area contributed by atoms with Gasteiger partial charge in [-0.15, -0.1) is 0 Å². The van der Waals surface area contributed by atoms with E-state index in [1.165, 1.54) is 4.88 Å². The molecule has 5 rings (SSSR count). The molecule has 35 heavy (non-hydrogen) atoms. The molecule has 1 saturated heterocycles. The van der Waals surface area contributed by atoms with Gasteiger partial charge in [-0.2, -0.15) is 5.10 Å². The van der Waals surface area contributed by atoms with Crippen LogP contribution in [-0.4, -0.2) is 58.4 Å². The van der Waals surface area contributed by atoms with Gasteiger partial charge in [-0.1, -0.05) is 48.9 Å². The van der Waals surface area contributed by atoms with Crippen LogP contribution in [0.3, 0.4) is 0 Å². The van der Waals surface area contributed by atoms with Crippen molar-refractivity contribution in [2.24, 2.45) is 0 Å². The van der Waals surface area contributed by atoms with E-state index in [2.05, 4.69) is 44.3 Å². The van der Waals surface area contributed by atoms with E-state index in [4.69, 9.17) is 14.8 Å². The van der Waals surface area contributed by atoms with Crippen LogP contribution in [-0.2, 0) is 0 Å². The number of rotatable bonds is 5. The van der Waals surface area contributed by atoms with Gasteiger partial charge in [0.25, 0.3) is 5.91 Å². The van der Waals surface area contributed by atoms with Gasteiger partial charge >= 0.3 is 0 Å². The van der Waals surface area contributed by atoms with Crippen molar-refractivity contribution >= 4 is 28.1 Å². The summed E-state index contributed by atoms with van der Waals surface area (Å²) >= 11 is 1.62. The fourth-order valence-corrected chi connectivity index (χ4v) is 5.64. The molecule has 1 unspecified atom stereocenters. The van der Waals surface area contributed by atoms with Crippen molar-refractivity contribution in [2.75, 3.05) is 26.7 Å². The molecule has 0 spiro atoms. The van der Waals surface area contributed by atoms with E-state index < -0.39 is 0 Å². The predicted molar refractivity (Wildman–Crippen MR) is 141 cm³/mol. The molecule has 2 aromatic carbocycles. The first kappa shape index (κ1) is 23.5. The van der Waals surface area contributed by atoms with Crippen LogP contribution in [0, 0.1) is 6.92 Å². The third-order valence-corrected chi connectivity index (χ3v) is 7.72. The normalized spacial score (nSPS) is 16.3. The maximum Gasteiger partial charge on any atom is 0.275 e. The number of benzene rings is 2. The molecule has 1 aliphatic heterocycles. The van der Waals surface area contributed by atoms with Crippen molar-refractivity contribution in [3.8, 4) is 22.1 Å². The van der Waals surface area contributed by atoms with E-state index in [1.807, 2.05) is 40.8 Å². The van der Waals surface area contributed by atoms with E-state index >= 15 is 0 Å². The molecule has 1 atom stereocenters. The van der Waals surface area contributed by atoms with Crippen molar-refractivity contribution < 1.29 is 9.53 Å². The summed E-state index contributed by atoms with van der Waals surface area (Å²) in [6.45, 7) is 10.6. The third kappa shape index (κ3) is 4.44. The van der Waals surface area contributed by atoms with Crippen LogP contribution in [0.15, 0.2) is 42.5 Å². The standard InChI is InChI=1S/C27H31N5O2S/c1-16(2)25-23(19-7-6-8-20(14-19)34-5)29-27(35-25)32-22-10-9-17(3)13-21(22)24(30-32)26(33)31-12-11-28-18(4)15-31/h6-10,13-14,16,18,28H,11-12,15H2,1-5H3. The molecule has 0 aliphatic carbocycles. The maximum atomic E-state index is 13.6. The fraction of sp³-hybridized carbons (Fsp3) is 0.370. The van der Waals surface area contributed by atoms with E-state index in [-0.39, 0.29) is 17.9 Å². The highest BCUT2D eigenvalue weighted by Crippen LogP contribution is 2.37. The Morgan fingerprint density at radius 2 is 2.06 bits per heavy atom. The van der Waals surface area contributed by atoms with Gasteiger partial charge in [0.1, 0.15) is 5.75 Å². The minimum atomic E-state index is -0.0265. The first-order valence-electron chi connectivity index (χ1n) is 12.0. The summed E-state index contributed by atoms with van der Waals surface area (Å²) in [5.74, 6) is 1.06. The van der Waals surface area contributed by atoms with Crippen LogP contribution in [0.5, 0.6) is 5.75 Å². The molecule has 8 heteroatoms. The predicted octanol–water partition coefficient (Wildman–Crippen LogP) is 5.02. The highest BCUT2D eigenvalue weighted by Gasteiger charge is 2.28. The number of hydrogen-bond donors (Lipinski definition) is 1. The smallest absolute Gasteiger partial charge is 0.275 e. The molecule has 0 radical (unpaired) electrons. The molecule has 3 heterocycles. The molecule has 0 bridgehead atoms. The third-order valence-electron chi connectivity index (χ3n) is 6.38. The Morgan fingerprint density at radius 3 is 2.80 bits per heavy atom. The maximum absolute atomic E-state index is 13.6. The number of thiazole rings is 1. The second-order valence-electron chi connectivity index (χ2n) is 9.48. The largest absolute Gasteiger partial charge is 0.497 e. The molecule has 1 aliphatic rings. The molecule has 0 saturated carbocycles. The summed E-state index contributed by atoms with van der Waals surface area (Å²) in [5.41, 5.74) is 4.41. The van der Waals surface area contributed by atoms with Crippen LogP contribution in [0.2, 0.25) is 0 Å². The number of piperazine rings is 1. The zero-order valence-electron chi connectivity index (χ0n) is 20.8. The lowest BCUT2D eigenvalue weighted by atomic mass is 10.1. The summed E-state index contributed by atoms with van der Waals surface area (Å²) in [5, 5.41) is 9.90. The quantitative estimate of drug-likeness (QED) is 0.426. The first-order chi connectivity index (χ1) is 16.9. The van der Waals surface area contributed by atoms with Crippen LogP contribution < -0.4 is 10.1 Å².